The molecule has 3 amide bonds. The van der Waals surface area contributed by atoms with Crippen molar-refractivity contribution in [2.24, 2.45) is 7.05 Å². The molecule has 14 heteroatoms. The summed E-state index contributed by atoms with van der Waals surface area (Å²) in [4.78, 5) is 45.3. The maximum Gasteiger partial charge on any atom is 0.389 e. The Bertz CT molecular complexity index is 1760. The molecular formula is C27H22F2N8O4. The Hall–Kier alpha value is -5.58. The van der Waals surface area contributed by atoms with Gasteiger partial charge in [0, 0.05) is 44.6 Å². The van der Waals surface area contributed by atoms with Crippen LogP contribution in [0.1, 0.15) is 15.9 Å². The van der Waals surface area contributed by atoms with Crippen molar-refractivity contribution in [3.05, 3.63) is 82.4 Å². The molecule has 1 saturated heterocycles. The number of rotatable bonds is 7. The molecule has 4 aromatic rings. The van der Waals surface area contributed by atoms with Gasteiger partial charge in [-0.2, -0.15) is 14.0 Å². The average molecular weight is 561 g/mol. The predicted octanol–water partition coefficient (Wildman–Crippen LogP) is 2.91. The maximum absolute atomic E-state index is 13.3. The van der Waals surface area contributed by atoms with Crippen molar-refractivity contribution in [1.82, 2.24) is 24.6 Å². The Balaban J connectivity index is 1.45. The van der Waals surface area contributed by atoms with Crippen LogP contribution >= 0.6 is 0 Å². The fraction of sp³-hybridized carbons (Fsp3) is 0.185. The highest BCUT2D eigenvalue weighted by molar-refractivity contribution is 6.06. The van der Waals surface area contributed by atoms with Crippen LogP contribution in [0.15, 0.2) is 65.6 Å². The zero-order chi connectivity index (χ0) is 29.3. The normalized spacial score (nSPS) is 13.0. The summed E-state index contributed by atoms with van der Waals surface area (Å²) < 4.78 is 31.8. The summed E-state index contributed by atoms with van der Waals surface area (Å²) in [6.45, 7) is -2.51. The fourth-order valence-corrected chi connectivity index (χ4v) is 4.52. The van der Waals surface area contributed by atoms with Crippen molar-refractivity contribution in [3.63, 3.8) is 0 Å². The van der Waals surface area contributed by atoms with Crippen LogP contribution in [-0.4, -0.2) is 58.0 Å². The number of hydrogen-bond acceptors (Lipinski definition) is 7. The van der Waals surface area contributed by atoms with E-state index in [1.807, 2.05) is 0 Å². The van der Waals surface area contributed by atoms with Gasteiger partial charge in [0.2, 0.25) is 0 Å². The van der Waals surface area contributed by atoms with Gasteiger partial charge in [-0.15, -0.1) is 5.10 Å². The summed E-state index contributed by atoms with van der Waals surface area (Å²) in [6, 6.07) is 15.5. The lowest BCUT2D eigenvalue weighted by molar-refractivity contribution is -0.0575. The second-order valence-corrected chi connectivity index (χ2v) is 8.86. The molecule has 5 rings (SSSR count). The summed E-state index contributed by atoms with van der Waals surface area (Å²) in [5.74, 6) is 0.0803. The Morgan fingerprint density at radius 2 is 1.85 bits per heavy atom. The van der Waals surface area contributed by atoms with Crippen molar-refractivity contribution in [2.45, 2.75) is 6.61 Å². The van der Waals surface area contributed by atoms with Crippen molar-refractivity contribution in [2.75, 3.05) is 29.9 Å². The number of ether oxygens (including phenoxy) is 1. The van der Waals surface area contributed by atoms with Crippen molar-refractivity contribution in [1.29, 1.82) is 5.26 Å². The number of nitrogens with zero attached hydrogens (tertiary/aromatic N) is 7. The van der Waals surface area contributed by atoms with Crippen molar-refractivity contribution < 1.29 is 23.1 Å². The van der Waals surface area contributed by atoms with E-state index in [0.29, 0.717) is 41.3 Å². The molecule has 0 atom stereocenters. The lowest BCUT2D eigenvalue weighted by Gasteiger charge is -2.19. The Labute approximate surface area is 231 Å². The predicted molar refractivity (Wildman–Crippen MR) is 143 cm³/mol. The van der Waals surface area contributed by atoms with E-state index in [0.717, 1.165) is 9.25 Å². The third-order valence-corrected chi connectivity index (χ3v) is 6.46. The molecule has 0 spiro atoms. The minimum absolute atomic E-state index is 0.109. The number of aromatic nitrogens is 4. The first-order valence-corrected chi connectivity index (χ1v) is 12.2. The van der Waals surface area contributed by atoms with Crippen LogP contribution in [0.5, 0.6) is 6.01 Å². The summed E-state index contributed by atoms with van der Waals surface area (Å²) in [7, 11) is 2.81. The first-order valence-electron chi connectivity index (χ1n) is 12.2. The van der Waals surface area contributed by atoms with Crippen molar-refractivity contribution in [3.8, 4) is 28.9 Å². The Morgan fingerprint density at radius 3 is 2.59 bits per heavy atom. The van der Waals surface area contributed by atoms with Crippen LogP contribution in [0.25, 0.3) is 16.8 Å². The highest BCUT2D eigenvalue weighted by Gasteiger charge is 2.32. The van der Waals surface area contributed by atoms with Gasteiger partial charge in [0.05, 0.1) is 17.3 Å². The lowest BCUT2D eigenvalue weighted by Crippen LogP contribution is -2.32. The van der Waals surface area contributed by atoms with E-state index in [2.05, 4.69) is 26.2 Å². The first kappa shape index (κ1) is 27.0. The molecule has 41 heavy (non-hydrogen) atoms. The van der Waals surface area contributed by atoms with Gasteiger partial charge in [-0.3, -0.25) is 14.6 Å². The van der Waals surface area contributed by atoms with Crippen LogP contribution in [0.2, 0.25) is 0 Å². The number of anilines is 2. The highest BCUT2D eigenvalue weighted by Crippen LogP contribution is 2.31. The molecule has 1 aliphatic heterocycles. The zero-order valence-electron chi connectivity index (χ0n) is 21.8. The van der Waals surface area contributed by atoms with E-state index < -0.39 is 18.3 Å². The third kappa shape index (κ3) is 5.08. The Kier molecular flexibility index (Phi) is 7.17. The molecule has 1 N–H and O–H groups in total. The summed E-state index contributed by atoms with van der Waals surface area (Å²) in [5, 5.41) is 16.1. The highest BCUT2D eigenvalue weighted by atomic mass is 19.3. The molecule has 3 heterocycles. The van der Waals surface area contributed by atoms with Gasteiger partial charge in [-0.1, -0.05) is 12.1 Å². The standard InChI is InChI=1S/C27H22F2N8O4/c1-31-23(38)17-4-3-5-19(12-17)35-10-11-36(27(35)40)22-14-16(8-9-32-22)21-7-6-20(13-18(21)15-30)37-25(41-24(28)29)33-34(2)26(37)39/h3-9,12-14,24H,10-11H2,1-2H3,(H,31,38). The lowest BCUT2D eigenvalue weighted by atomic mass is 10.0. The zero-order valence-corrected chi connectivity index (χ0v) is 21.8. The minimum Gasteiger partial charge on any atom is -0.401 e. The SMILES string of the molecule is CNC(=O)c1cccc(N2CCN(c3cc(-c4ccc(-n5c(OC(F)F)nn(C)c5=O)cc4C#N)ccn3)C2=O)c1. The summed E-state index contributed by atoms with van der Waals surface area (Å²) in [6.07, 6.45) is 1.50. The van der Waals surface area contributed by atoms with Crippen LogP contribution in [-0.2, 0) is 7.05 Å². The molecule has 0 aliphatic carbocycles. The van der Waals surface area contributed by atoms with Gasteiger partial charge in [0.15, 0.2) is 0 Å². The van der Waals surface area contributed by atoms with Crippen LogP contribution in [0, 0.1) is 11.3 Å². The number of urea groups is 1. The van der Waals surface area contributed by atoms with E-state index in [9.17, 15) is 28.4 Å². The minimum atomic E-state index is -3.20. The number of carbonyl (C=O) groups is 2. The monoisotopic (exact) mass is 560 g/mol. The molecule has 0 radical (unpaired) electrons. The van der Waals surface area contributed by atoms with E-state index in [-0.39, 0.29) is 23.2 Å². The molecule has 0 saturated carbocycles. The number of aryl methyl sites for hydroxylation is 1. The number of pyridine rings is 1. The summed E-state index contributed by atoms with van der Waals surface area (Å²) in [5.41, 5.74) is 1.53. The number of alkyl halides is 2. The Morgan fingerprint density at radius 1 is 1.07 bits per heavy atom. The van der Waals surface area contributed by atoms with E-state index in [4.69, 9.17) is 0 Å². The number of amides is 3. The molecule has 12 nitrogen and oxygen atoms in total. The van der Waals surface area contributed by atoms with E-state index >= 15 is 0 Å². The molecule has 1 aliphatic rings. The molecular weight excluding hydrogens is 538 g/mol. The number of nitrogens with one attached hydrogen (secondary N) is 1. The van der Waals surface area contributed by atoms with Crippen LogP contribution < -0.4 is 25.5 Å². The molecule has 0 unspecified atom stereocenters. The number of halogens is 2. The number of hydrogen-bond donors (Lipinski definition) is 1. The van der Waals surface area contributed by atoms with E-state index in [1.54, 1.807) is 47.4 Å². The molecule has 1 fully saturated rings. The summed E-state index contributed by atoms with van der Waals surface area (Å²) >= 11 is 0. The molecule has 2 aromatic heterocycles. The van der Waals surface area contributed by atoms with E-state index in [1.165, 1.54) is 37.3 Å². The molecule has 208 valence electrons. The average Bonchev–Trinajstić information content (AvgIpc) is 3.49. The van der Waals surface area contributed by atoms with Gasteiger partial charge in [0.1, 0.15) is 5.82 Å². The van der Waals surface area contributed by atoms with Gasteiger partial charge >= 0.3 is 24.3 Å². The topological polar surface area (TPSA) is 138 Å². The number of nitriles is 1. The fourth-order valence-electron chi connectivity index (χ4n) is 4.52. The quantitative estimate of drug-likeness (QED) is 0.367. The van der Waals surface area contributed by atoms with Crippen LogP contribution in [0.4, 0.5) is 25.1 Å². The molecule has 2 aromatic carbocycles. The largest absolute Gasteiger partial charge is 0.401 e. The van der Waals surface area contributed by atoms with Crippen molar-refractivity contribution >= 4 is 23.4 Å². The second-order valence-electron chi connectivity index (χ2n) is 8.86. The van der Waals surface area contributed by atoms with Gasteiger partial charge in [-0.05, 0) is 53.6 Å². The number of benzene rings is 2. The van der Waals surface area contributed by atoms with Gasteiger partial charge < -0.3 is 10.1 Å². The van der Waals surface area contributed by atoms with Crippen LogP contribution in [0.3, 0.4) is 0 Å². The second kappa shape index (κ2) is 10.9. The molecule has 0 bridgehead atoms. The van der Waals surface area contributed by atoms with Gasteiger partial charge in [-0.25, -0.2) is 23.8 Å². The number of carbonyl (C=O) groups excluding carboxylic acids is 2. The third-order valence-electron chi connectivity index (χ3n) is 6.46. The smallest absolute Gasteiger partial charge is 0.389 e. The maximum atomic E-state index is 13.3. The first-order chi connectivity index (χ1) is 19.7. The van der Waals surface area contributed by atoms with Gasteiger partial charge in [0.25, 0.3) is 5.91 Å².